The Morgan fingerprint density at radius 3 is 2.81 bits per heavy atom. The molecule has 1 saturated heterocycles. The topological polar surface area (TPSA) is 66.4 Å². The molecule has 0 radical (unpaired) electrons. The van der Waals surface area contributed by atoms with Crippen LogP contribution in [0, 0.1) is 6.92 Å². The van der Waals surface area contributed by atoms with E-state index in [-0.39, 0.29) is 17.5 Å². The molecule has 2 aliphatic heterocycles. The van der Waals surface area contributed by atoms with E-state index in [0.717, 1.165) is 37.6 Å². The van der Waals surface area contributed by atoms with Crippen molar-refractivity contribution < 1.29 is 8.42 Å². The van der Waals surface area contributed by atoms with Crippen molar-refractivity contribution in [3.63, 3.8) is 0 Å². The number of hydrogen-bond acceptors (Lipinski definition) is 6. The third kappa shape index (κ3) is 3.65. The van der Waals surface area contributed by atoms with Crippen LogP contribution in [0.5, 0.6) is 0 Å². The minimum atomic E-state index is -2.93. The van der Waals surface area contributed by atoms with Crippen molar-refractivity contribution in [1.82, 2.24) is 9.97 Å². The van der Waals surface area contributed by atoms with E-state index in [0.29, 0.717) is 12.2 Å². The van der Waals surface area contributed by atoms with Crippen molar-refractivity contribution in [2.75, 3.05) is 34.4 Å². The van der Waals surface area contributed by atoms with Crippen molar-refractivity contribution >= 4 is 27.2 Å². The number of rotatable bonds is 4. The first-order chi connectivity index (χ1) is 13.0. The summed E-state index contributed by atoms with van der Waals surface area (Å²) in [6.07, 6.45) is 2.85. The summed E-state index contributed by atoms with van der Waals surface area (Å²) < 4.78 is 23.9. The number of benzene rings is 1. The number of anilines is 3. The number of aryl methyl sites for hydroxylation is 2. The number of para-hydroxylation sites is 1. The van der Waals surface area contributed by atoms with Gasteiger partial charge in [0.1, 0.15) is 17.5 Å². The Labute approximate surface area is 161 Å². The molecular formula is C20H26N4O2S. The fraction of sp³-hybridized carbons (Fsp3) is 0.500. The highest BCUT2D eigenvalue weighted by atomic mass is 32.2. The molecule has 2 aliphatic rings. The summed E-state index contributed by atoms with van der Waals surface area (Å²) in [6.45, 7) is 5.61. The molecule has 2 aromatic rings. The van der Waals surface area contributed by atoms with Crippen LogP contribution in [-0.2, 0) is 16.3 Å². The van der Waals surface area contributed by atoms with E-state index in [1.165, 1.54) is 11.3 Å². The molecule has 6 nitrogen and oxygen atoms in total. The second-order valence-corrected chi connectivity index (χ2v) is 9.59. The molecule has 1 atom stereocenters. The molecule has 0 aliphatic carbocycles. The molecular weight excluding hydrogens is 360 g/mol. The van der Waals surface area contributed by atoms with E-state index in [2.05, 4.69) is 46.0 Å². The van der Waals surface area contributed by atoms with Gasteiger partial charge in [-0.3, -0.25) is 0 Å². The van der Waals surface area contributed by atoms with E-state index in [4.69, 9.17) is 4.98 Å². The largest absolute Gasteiger partial charge is 0.353 e. The first-order valence-electron chi connectivity index (χ1n) is 9.65. The maximum Gasteiger partial charge on any atom is 0.152 e. The Morgan fingerprint density at radius 1 is 1.26 bits per heavy atom. The smallest absolute Gasteiger partial charge is 0.152 e. The van der Waals surface area contributed by atoms with Crippen molar-refractivity contribution in [1.29, 1.82) is 0 Å². The lowest BCUT2D eigenvalue weighted by molar-refractivity contribution is 0.599. The van der Waals surface area contributed by atoms with Crippen LogP contribution >= 0.6 is 0 Å². The van der Waals surface area contributed by atoms with Crippen LogP contribution in [0.3, 0.4) is 0 Å². The summed E-state index contributed by atoms with van der Waals surface area (Å²) >= 11 is 0. The van der Waals surface area contributed by atoms with E-state index < -0.39 is 9.84 Å². The summed E-state index contributed by atoms with van der Waals surface area (Å²) in [5.41, 5.74) is 2.55. The molecule has 4 rings (SSSR count). The minimum Gasteiger partial charge on any atom is -0.353 e. The van der Waals surface area contributed by atoms with Crippen LogP contribution in [0.4, 0.5) is 17.3 Å². The Bertz CT molecular complexity index is 945. The summed E-state index contributed by atoms with van der Waals surface area (Å²) in [5.74, 6) is 2.91. The van der Waals surface area contributed by atoms with Crippen LogP contribution in [0.15, 0.2) is 30.3 Å². The molecule has 0 spiro atoms. The first-order valence-corrected chi connectivity index (χ1v) is 11.5. The van der Waals surface area contributed by atoms with E-state index in [1.807, 2.05) is 13.0 Å². The van der Waals surface area contributed by atoms with Gasteiger partial charge in [-0.2, -0.15) is 0 Å². The highest BCUT2D eigenvalue weighted by Gasteiger charge is 2.33. The molecule has 0 amide bonds. The van der Waals surface area contributed by atoms with Crippen LogP contribution < -0.4 is 9.80 Å². The van der Waals surface area contributed by atoms with Gasteiger partial charge in [0, 0.05) is 30.9 Å². The highest BCUT2D eigenvalue weighted by molar-refractivity contribution is 7.91. The van der Waals surface area contributed by atoms with Gasteiger partial charge in [0.25, 0.3) is 0 Å². The van der Waals surface area contributed by atoms with Gasteiger partial charge in [-0.05, 0) is 44.7 Å². The molecule has 0 N–H and O–H groups in total. The maximum absolute atomic E-state index is 11.9. The molecule has 1 aromatic heterocycles. The van der Waals surface area contributed by atoms with Gasteiger partial charge in [0.05, 0.1) is 11.5 Å². The SMILES string of the molecule is CCN(c1cc(N2CCCc3ccccc32)nc(C)n1)C1CCS(=O)(=O)C1. The van der Waals surface area contributed by atoms with Crippen LogP contribution in [0.25, 0.3) is 0 Å². The second kappa shape index (κ2) is 7.11. The zero-order chi connectivity index (χ0) is 19.0. The lowest BCUT2D eigenvalue weighted by Crippen LogP contribution is -2.37. The third-order valence-electron chi connectivity index (χ3n) is 5.48. The monoisotopic (exact) mass is 386 g/mol. The zero-order valence-corrected chi connectivity index (χ0v) is 16.7. The van der Waals surface area contributed by atoms with Crippen LogP contribution in [-0.4, -0.2) is 49.0 Å². The Balaban J connectivity index is 1.70. The van der Waals surface area contributed by atoms with Gasteiger partial charge >= 0.3 is 0 Å². The fourth-order valence-corrected chi connectivity index (χ4v) is 5.95. The number of sulfone groups is 1. The molecule has 1 unspecified atom stereocenters. The molecule has 0 bridgehead atoms. The Morgan fingerprint density at radius 2 is 2.07 bits per heavy atom. The van der Waals surface area contributed by atoms with Crippen LogP contribution in [0.1, 0.15) is 31.2 Å². The quantitative estimate of drug-likeness (QED) is 0.805. The lowest BCUT2D eigenvalue weighted by atomic mass is 10.0. The van der Waals surface area contributed by atoms with Crippen molar-refractivity contribution in [2.24, 2.45) is 0 Å². The average molecular weight is 387 g/mol. The molecule has 1 aromatic carbocycles. The minimum absolute atomic E-state index is 0.00390. The summed E-state index contributed by atoms with van der Waals surface area (Å²) in [4.78, 5) is 13.7. The predicted octanol–water partition coefficient (Wildman–Crippen LogP) is 2.88. The Hall–Kier alpha value is -2.15. The fourth-order valence-electron chi connectivity index (χ4n) is 4.22. The van der Waals surface area contributed by atoms with E-state index in [9.17, 15) is 8.42 Å². The zero-order valence-electron chi connectivity index (χ0n) is 15.9. The molecule has 3 heterocycles. The lowest BCUT2D eigenvalue weighted by Gasteiger charge is -2.32. The van der Waals surface area contributed by atoms with Crippen molar-refractivity contribution in [3.8, 4) is 0 Å². The standard InChI is InChI=1S/C20H26N4O2S/c1-3-23(17-10-12-27(25,26)14-17)19-13-20(22-15(2)21-19)24-11-6-8-16-7-4-5-9-18(16)24/h4-5,7,9,13,17H,3,6,8,10-12,14H2,1-2H3. The molecule has 7 heteroatoms. The van der Waals surface area contributed by atoms with Gasteiger partial charge in [-0.15, -0.1) is 0 Å². The van der Waals surface area contributed by atoms with E-state index in [1.54, 1.807) is 0 Å². The van der Waals surface area contributed by atoms with Crippen LogP contribution in [0.2, 0.25) is 0 Å². The van der Waals surface area contributed by atoms with Gasteiger partial charge in [0.15, 0.2) is 9.84 Å². The van der Waals surface area contributed by atoms with E-state index >= 15 is 0 Å². The third-order valence-corrected chi connectivity index (χ3v) is 7.23. The van der Waals surface area contributed by atoms with Crippen molar-refractivity contribution in [2.45, 2.75) is 39.2 Å². The highest BCUT2D eigenvalue weighted by Crippen LogP contribution is 2.34. The molecule has 144 valence electrons. The van der Waals surface area contributed by atoms with Gasteiger partial charge in [0.2, 0.25) is 0 Å². The normalized spacial score (nSPS) is 21.1. The first kappa shape index (κ1) is 18.2. The van der Waals surface area contributed by atoms with Gasteiger partial charge in [-0.25, -0.2) is 18.4 Å². The van der Waals surface area contributed by atoms with Gasteiger partial charge in [-0.1, -0.05) is 18.2 Å². The summed E-state index contributed by atoms with van der Waals surface area (Å²) in [6, 6.07) is 10.5. The molecule has 0 saturated carbocycles. The average Bonchev–Trinajstić information content (AvgIpc) is 3.01. The summed E-state index contributed by atoms with van der Waals surface area (Å²) in [7, 11) is -2.93. The number of fused-ring (bicyclic) bond motifs is 1. The maximum atomic E-state index is 11.9. The summed E-state index contributed by atoms with van der Waals surface area (Å²) in [5, 5.41) is 0. The number of nitrogens with zero attached hydrogens (tertiary/aromatic N) is 4. The number of aromatic nitrogens is 2. The molecule has 1 fully saturated rings. The van der Waals surface area contributed by atoms with Crippen molar-refractivity contribution in [3.05, 3.63) is 41.7 Å². The molecule has 27 heavy (non-hydrogen) atoms. The Kier molecular flexibility index (Phi) is 4.80. The predicted molar refractivity (Wildman–Crippen MR) is 109 cm³/mol. The van der Waals surface area contributed by atoms with Gasteiger partial charge < -0.3 is 9.80 Å². The second-order valence-electron chi connectivity index (χ2n) is 7.36. The number of hydrogen-bond donors (Lipinski definition) is 0.